The lowest BCUT2D eigenvalue weighted by Gasteiger charge is -2.21. The molecular weight excluding hydrogens is 627 g/mol. The van der Waals surface area contributed by atoms with Gasteiger partial charge in [0.1, 0.15) is 18.3 Å². The van der Waals surface area contributed by atoms with Crippen molar-refractivity contribution in [3.63, 3.8) is 0 Å². The second-order valence-electron chi connectivity index (χ2n) is 7.46. The number of hydrogen-bond donors (Lipinski definition) is 7. The molecule has 0 aromatic carbocycles. The molecule has 0 bridgehead atoms. The summed E-state index contributed by atoms with van der Waals surface area (Å²) in [6, 6.07) is 0. The van der Waals surface area contributed by atoms with Gasteiger partial charge in [0.25, 0.3) is 5.56 Å². The molecule has 2 aromatic heterocycles. The van der Waals surface area contributed by atoms with E-state index in [-0.39, 0.29) is 35.9 Å². The van der Waals surface area contributed by atoms with E-state index < -0.39 is 54.1 Å². The molecule has 1 fully saturated rings. The zero-order chi connectivity index (χ0) is 29.0. The van der Waals surface area contributed by atoms with Crippen LogP contribution in [0.4, 0.5) is 5.95 Å². The van der Waals surface area contributed by atoms with Gasteiger partial charge in [-0.1, -0.05) is 33.4 Å². The summed E-state index contributed by atoms with van der Waals surface area (Å²) in [7, 11) is -13.9. The number of nitrogens with two attached hydrogens (primary N) is 2. The van der Waals surface area contributed by atoms with Crippen LogP contribution in [0.15, 0.2) is 11.0 Å². The van der Waals surface area contributed by atoms with Gasteiger partial charge in [-0.25, -0.2) is 13.7 Å². The van der Waals surface area contributed by atoms with Crippen molar-refractivity contribution in [2.45, 2.75) is 24.9 Å². The summed E-state index contributed by atoms with van der Waals surface area (Å²) < 4.78 is 60.0. The fourth-order valence-corrected chi connectivity index (χ4v) is 7.28. The quantitative estimate of drug-likeness (QED) is 0.0544. The van der Waals surface area contributed by atoms with Gasteiger partial charge in [0, 0.05) is 12.6 Å². The van der Waals surface area contributed by atoms with E-state index in [0.29, 0.717) is 5.56 Å². The smallest absolute Gasteiger partial charge is 0.369 e. The van der Waals surface area contributed by atoms with Crippen molar-refractivity contribution in [2.75, 3.05) is 31.1 Å². The third-order valence-electron chi connectivity index (χ3n) is 4.78. The molecule has 0 amide bonds. The van der Waals surface area contributed by atoms with Crippen LogP contribution in [0.5, 0.6) is 0 Å². The number of hydrogen-bond acceptors (Lipinski definition) is 14. The van der Waals surface area contributed by atoms with E-state index >= 15 is 0 Å². The molecule has 3 heterocycles. The van der Waals surface area contributed by atoms with Crippen LogP contribution in [0.1, 0.15) is 18.2 Å². The lowest BCUT2D eigenvalue weighted by atomic mass is 10.2. The number of aromatic nitrogens is 3. The minimum Gasteiger partial charge on any atom is -0.369 e. The Labute approximate surface area is 227 Å². The Hall–Kier alpha value is -1.23. The number of ether oxygens (including phenoxy) is 2. The maximum Gasteiger partial charge on any atom is 0.490 e. The normalized spacial score (nSPS) is 22.8. The first-order valence-corrected chi connectivity index (χ1v) is 17.7. The summed E-state index contributed by atoms with van der Waals surface area (Å²) in [5.74, 6) is 5.44. The average molecular weight is 651 g/mol. The predicted molar refractivity (Wildman–Crippen MR) is 140 cm³/mol. The van der Waals surface area contributed by atoms with Gasteiger partial charge in [0.15, 0.2) is 5.65 Å². The first-order chi connectivity index (χ1) is 18.1. The molecule has 0 spiro atoms. The molecule has 0 radical (unpaired) electrons. The number of aromatic amines is 1. The van der Waals surface area contributed by atoms with Crippen LogP contribution in [-0.2, 0) is 36.3 Å². The van der Waals surface area contributed by atoms with E-state index in [2.05, 4.69) is 30.4 Å². The Kier molecular flexibility index (Phi) is 10.9. The first kappa shape index (κ1) is 32.3. The van der Waals surface area contributed by atoms with Crippen molar-refractivity contribution in [1.82, 2.24) is 14.5 Å². The van der Waals surface area contributed by atoms with Gasteiger partial charge in [-0.15, -0.1) is 0 Å². The highest BCUT2D eigenvalue weighted by Crippen LogP contribution is 2.66. The largest absolute Gasteiger partial charge is 0.490 e. The number of phosphoric acid groups is 3. The number of nitrogens with one attached hydrogen (secondary N) is 1. The molecule has 3 rings (SSSR count). The molecule has 3 unspecified atom stereocenters. The van der Waals surface area contributed by atoms with Gasteiger partial charge in [0.05, 0.1) is 30.2 Å². The van der Waals surface area contributed by atoms with Gasteiger partial charge in [-0.3, -0.25) is 14.3 Å². The number of fused-ring (bicyclic) bond motifs is 1. The highest BCUT2D eigenvalue weighted by Gasteiger charge is 2.43. The van der Waals surface area contributed by atoms with E-state index in [1.54, 1.807) is 0 Å². The number of H-pyrrole nitrogens is 1. The summed E-state index contributed by atoms with van der Waals surface area (Å²) in [4.78, 5) is 55.6. The van der Waals surface area contributed by atoms with Crippen LogP contribution >= 0.6 is 45.1 Å². The van der Waals surface area contributed by atoms with Crippen LogP contribution < -0.4 is 17.0 Å². The fourth-order valence-electron chi connectivity index (χ4n) is 3.46. The van der Waals surface area contributed by atoms with Crippen LogP contribution in [0.3, 0.4) is 0 Å². The Bertz CT molecular complexity index is 1450. The molecule has 5 atom stereocenters. The molecule has 23 heteroatoms. The standard InChI is InChI=1S/C16H24N5O13P3S2/c1-38-39-8-30-10-5-12(21-6-9(3-2-4-17)13-14(21)19-16(18)20-15(13)22)32-11(10)7-31-36(26,27)34-37(28,29)33-35(23,24)25/h6,10-12H,4-5,7-8,17H2,1H3,(H,26,27)(H,28,29)(H2,23,24,25)(H3,18,19,20,22)/t10-,11?,12-/m1/s1. The van der Waals surface area contributed by atoms with Crippen molar-refractivity contribution in [1.29, 1.82) is 0 Å². The van der Waals surface area contributed by atoms with Crippen molar-refractivity contribution >= 4 is 62.0 Å². The third kappa shape index (κ3) is 9.13. The van der Waals surface area contributed by atoms with Gasteiger partial charge in [-0.05, 0) is 6.26 Å². The number of nitrogen functional groups attached to an aromatic ring is 1. The van der Waals surface area contributed by atoms with E-state index in [0.717, 1.165) is 0 Å². The number of nitrogens with zero attached hydrogens (tertiary/aromatic N) is 2. The maximum absolute atomic E-state index is 12.6. The number of phosphoric ester groups is 1. The predicted octanol–water partition coefficient (Wildman–Crippen LogP) is 0.602. The second-order valence-corrected chi connectivity index (χ2v) is 14.4. The van der Waals surface area contributed by atoms with Crippen molar-refractivity contribution in [3.05, 3.63) is 22.1 Å². The zero-order valence-corrected chi connectivity index (χ0v) is 24.1. The molecule has 39 heavy (non-hydrogen) atoms. The topological polar surface area (TPSA) is 281 Å². The molecule has 0 saturated carbocycles. The number of rotatable bonds is 12. The Morgan fingerprint density at radius 3 is 2.62 bits per heavy atom. The van der Waals surface area contributed by atoms with Crippen molar-refractivity contribution < 1.29 is 55.9 Å². The summed E-state index contributed by atoms with van der Waals surface area (Å²) in [6.07, 6.45) is 0.737. The van der Waals surface area contributed by atoms with Crippen LogP contribution in [0.2, 0.25) is 0 Å². The molecule has 1 saturated heterocycles. The first-order valence-electron chi connectivity index (χ1n) is 10.4. The Morgan fingerprint density at radius 1 is 1.26 bits per heavy atom. The van der Waals surface area contributed by atoms with Gasteiger partial charge < -0.3 is 45.1 Å². The SMILES string of the molecule is CSSCO[C@@H]1C[C@H](n2cc(C#CCN)c3c(=O)[nH]c(N)nc32)OC1COP(=O)(O)OP(=O)(O)OP(=O)(O)O. The highest BCUT2D eigenvalue weighted by atomic mass is 33.1. The summed E-state index contributed by atoms with van der Waals surface area (Å²) in [5, 5.41) is 0.126. The molecule has 218 valence electrons. The molecule has 1 aliphatic rings. The Morgan fingerprint density at radius 2 is 1.97 bits per heavy atom. The zero-order valence-electron chi connectivity index (χ0n) is 19.8. The van der Waals surface area contributed by atoms with E-state index in [9.17, 15) is 28.3 Å². The molecule has 2 aromatic rings. The summed E-state index contributed by atoms with van der Waals surface area (Å²) in [6.45, 7) is -0.706. The van der Waals surface area contributed by atoms with Gasteiger partial charge in [-0.2, -0.15) is 13.6 Å². The van der Waals surface area contributed by atoms with Gasteiger partial charge in [0.2, 0.25) is 5.95 Å². The van der Waals surface area contributed by atoms with Crippen LogP contribution in [0, 0.1) is 11.8 Å². The highest BCUT2D eigenvalue weighted by molar-refractivity contribution is 8.76. The second kappa shape index (κ2) is 13.2. The molecule has 9 N–H and O–H groups in total. The van der Waals surface area contributed by atoms with Gasteiger partial charge >= 0.3 is 23.5 Å². The van der Waals surface area contributed by atoms with Crippen molar-refractivity contribution in [2.24, 2.45) is 5.73 Å². The number of anilines is 1. The Balaban J connectivity index is 1.86. The monoisotopic (exact) mass is 651 g/mol. The molecule has 1 aliphatic heterocycles. The van der Waals surface area contributed by atoms with E-state index in [1.807, 2.05) is 6.26 Å². The third-order valence-corrected chi connectivity index (χ3v) is 10.0. The van der Waals surface area contributed by atoms with Crippen LogP contribution in [0.25, 0.3) is 11.0 Å². The van der Waals surface area contributed by atoms with Crippen molar-refractivity contribution in [3.8, 4) is 11.8 Å². The minimum absolute atomic E-state index is 0.0264. The lowest BCUT2D eigenvalue weighted by Crippen LogP contribution is -2.28. The van der Waals surface area contributed by atoms with E-state index in [4.69, 9.17) is 35.3 Å². The lowest BCUT2D eigenvalue weighted by molar-refractivity contribution is -0.0520. The minimum atomic E-state index is -5.70. The van der Waals surface area contributed by atoms with E-state index in [1.165, 1.54) is 32.4 Å². The fraction of sp³-hybridized carbons (Fsp3) is 0.500. The average Bonchev–Trinajstić information content (AvgIpc) is 3.35. The molecule has 18 nitrogen and oxygen atoms in total. The molecular formula is C16H24N5O13P3S2. The molecule has 0 aliphatic carbocycles. The summed E-state index contributed by atoms with van der Waals surface area (Å²) >= 11 is 0. The van der Waals surface area contributed by atoms with Crippen LogP contribution in [-0.4, -0.2) is 71.7 Å². The summed E-state index contributed by atoms with van der Waals surface area (Å²) in [5.41, 5.74) is 11.0. The maximum atomic E-state index is 12.6.